The van der Waals surface area contributed by atoms with Crippen molar-refractivity contribution in [3.05, 3.63) is 59.0 Å². The molecule has 2 N–H and O–H groups in total. The van der Waals surface area contributed by atoms with Gasteiger partial charge < -0.3 is 19.4 Å². The third kappa shape index (κ3) is 4.69. The van der Waals surface area contributed by atoms with Crippen LogP contribution < -0.4 is 15.5 Å². The first kappa shape index (κ1) is 20.1. The van der Waals surface area contributed by atoms with Crippen LogP contribution in [0.1, 0.15) is 21.8 Å². The predicted octanol–water partition coefficient (Wildman–Crippen LogP) is 3.31. The summed E-state index contributed by atoms with van der Waals surface area (Å²) in [6.07, 6.45) is 1.59. The molecule has 0 unspecified atom stereocenters. The zero-order chi connectivity index (χ0) is 20.9. The van der Waals surface area contributed by atoms with Crippen molar-refractivity contribution in [2.75, 3.05) is 41.8 Å². The number of aromatic nitrogens is 1. The molecule has 9 heteroatoms. The summed E-state index contributed by atoms with van der Waals surface area (Å²) in [7, 11) is 0. The molecular formula is C21H22N4O4S. The highest BCUT2D eigenvalue weighted by atomic mass is 32.1. The molecular weight excluding hydrogens is 404 g/mol. The van der Waals surface area contributed by atoms with Crippen LogP contribution in [0, 0.1) is 6.92 Å². The van der Waals surface area contributed by atoms with Crippen LogP contribution in [-0.2, 0) is 16.0 Å². The molecule has 1 saturated heterocycles. The molecule has 2 aromatic heterocycles. The normalized spacial score (nSPS) is 13.8. The summed E-state index contributed by atoms with van der Waals surface area (Å²) in [5, 5.41) is 7.93. The highest BCUT2D eigenvalue weighted by Crippen LogP contribution is 2.26. The second kappa shape index (κ2) is 9.10. The van der Waals surface area contributed by atoms with Crippen LogP contribution >= 0.6 is 11.3 Å². The van der Waals surface area contributed by atoms with E-state index in [2.05, 4.69) is 20.5 Å². The van der Waals surface area contributed by atoms with E-state index < -0.39 is 0 Å². The zero-order valence-electron chi connectivity index (χ0n) is 16.5. The number of benzene rings is 1. The van der Waals surface area contributed by atoms with Crippen LogP contribution in [0.15, 0.2) is 46.4 Å². The molecule has 0 aliphatic carbocycles. The molecule has 1 aromatic carbocycles. The number of rotatable bonds is 6. The quantitative estimate of drug-likeness (QED) is 0.628. The number of hydrogen-bond donors (Lipinski definition) is 2. The van der Waals surface area contributed by atoms with E-state index in [0.29, 0.717) is 35.4 Å². The van der Waals surface area contributed by atoms with E-state index in [1.807, 2.05) is 24.3 Å². The van der Waals surface area contributed by atoms with Gasteiger partial charge in [-0.25, -0.2) is 4.98 Å². The van der Waals surface area contributed by atoms with Gasteiger partial charge in [0.2, 0.25) is 5.91 Å². The molecule has 2 amide bonds. The fourth-order valence-corrected chi connectivity index (χ4v) is 3.95. The summed E-state index contributed by atoms with van der Waals surface area (Å²) in [5.41, 5.74) is 2.81. The van der Waals surface area contributed by atoms with E-state index in [4.69, 9.17) is 9.15 Å². The van der Waals surface area contributed by atoms with Crippen LogP contribution in [0.5, 0.6) is 0 Å². The number of carbonyl (C=O) groups is 2. The third-order valence-corrected chi connectivity index (χ3v) is 5.55. The summed E-state index contributed by atoms with van der Waals surface area (Å²) < 4.78 is 10.6. The van der Waals surface area contributed by atoms with E-state index in [1.54, 1.807) is 18.4 Å². The van der Waals surface area contributed by atoms with Crippen LogP contribution in [0.2, 0.25) is 0 Å². The summed E-state index contributed by atoms with van der Waals surface area (Å²) in [4.78, 5) is 31.4. The molecule has 4 rings (SSSR count). The van der Waals surface area contributed by atoms with Crippen molar-refractivity contribution in [1.82, 2.24) is 4.98 Å². The lowest BCUT2D eigenvalue weighted by Crippen LogP contribution is -2.36. The Morgan fingerprint density at radius 1 is 1.17 bits per heavy atom. The minimum absolute atomic E-state index is 0.120. The standard InChI is InChI=1S/C21H22N4O4S/c1-14-16(6-9-29-14)20(27)24-21-22-15(13-30-21)12-19(26)23-17-4-2-3-5-18(17)25-7-10-28-11-8-25/h2-6,9,13H,7-8,10-12H2,1H3,(H,23,26)(H,22,24,27). The minimum atomic E-state index is -0.286. The average molecular weight is 426 g/mol. The van der Waals surface area contributed by atoms with Crippen LogP contribution in [0.25, 0.3) is 0 Å². The number of furan rings is 1. The van der Waals surface area contributed by atoms with Crippen molar-refractivity contribution in [3.8, 4) is 0 Å². The molecule has 1 aliphatic rings. The maximum absolute atomic E-state index is 12.6. The SMILES string of the molecule is Cc1occc1C(=O)Nc1nc(CC(=O)Nc2ccccc2N2CCOCC2)cs1. The molecule has 8 nitrogen and oxygen atoms in total. The zero-order valence-corrected chi connectivity index (χ0v) is 17.3. The highest BCUT2D eigenvalue weighted by Gasteiger charge is 2.17. The van der Waals surface area contributed by atoms with Crippen molar-refractivity contribution in [1.29, 1.82) is 0 Å². The van der Waals surface area contributed by atoms with E-state index in [0.717, 1.165) is 24.5 Å². The second-order valence-corrected chi connectivity index (χ2v) is 7.69. The van der Waals surface area contributed by atoms with Gasteiger partial charge in [0.25, 0.3) is 5.91 Å². The Morgan fingerprint density at radius 3 is 2.73 bits per heavy atom. The van der Waals surface area contributed by atoms with Gasteiger partial charge in [0.05, 0.1) is 48.5 Å². The molecule has 0 bridgehead atoms. The first-order valence-electron chi connectivity index (χ1n) is 9.61. The molecule has 30 heavy (non-hydrogen) atoms. The van der Waals surface area contributed by atoms with Gasteiger partial charge in [-0.05, 0) is 25.1 Å². The number of morpholine rings is 1. The fourth-order valence-electron chi connectivity index (χ4n) is 3.25. The van der Waals surface area contributed by atoms with Gasteiger partial charge in [0.1, 0.15) is 5.76 Å². The topological polar surface area (TPSA) is 96.7 Å². The Bertz CT molecular complexity index is 1040. The number of nitrogens with one attached hydrogen (secondary N) is 2. The number of nitrogens with zero attached hydrogens (tertiary/aromatic N) is 2. The first-order chi connectivity index (χ1) is 14.6. The summed E-state index contributed by atoms with van der Waals surface area (Å²) >= 11 is 1.28. The van der Waals surface area contributed by atoms with Gasteiger partial charge >= 0.3 is 0 Å². The van der Waals surface area contributed by atoms with Gasteiger partial charge in [-0.15, -0.1) is 11.3 Å². The molecule has 3 aromatic rings. The smallest absolute Gasteiger partial charge is 0.260 e. The predicted molar refractivity (Wildman–Crippen MR) is 115 cm³/mol. The number of aryl methyl sites for hydroxylation is 1. The van der Waals surface area contributed by atoms with Crippen molar-refractivity contribution >= 4 is 39.7 Å². The maximum atomic E-state index is 12.6. The molecule has 1 fully saturated rings. The van der Waals surface area contributed by atoms with Gasteiger partial charge in [-0.3, -0.25) is 14.9 Å². The number of carbonyl (C=O) groups excluding carboxylic acids is 2. The van der Waals surface area contributed by atoms with Gasteiger partial charge in [0, 0.05) is 18.5 Å². The van der Waals surface area contributed by atoms with Crippen molar-refractivity contribution < 1.29 is 18.7 Å². The van der Waals surface area contributed by atoms with Crippen molar-refractivity contribution in [2.24, 2.45) is 0 Å². The van der Waals surface area contributed by atoms with E-state index in [9.17, 15) is 9.59 Å². The van der Waals surface area contributed by atoms with E-state index in [-0.39, 0.29) is 18.2 Å². The fraction of sp³-hybridized carbons (Fsp3) is 0.286. The molecule has 3 heterocycles. The molecule has 156 valence electrons. The van der Waals surface area contributed by atoms with E-state index in [1.165, 1.54) is 17.6 Å². The molecule has 0 spiro atoms. The van der Waals surface area contributed by atoms with E-state index >= 15 is 0 Å². The second-order valence-electron chi connectivity index (χ2n) is 6.83. The lowest BCUT2D eigenvalue weighted by molar-refractivity contribution is -0.115. The summed E-state index contributed by atoms with van der Waals surface area (Å²) in [6.45, 7) is 4.65. The molecule has 1 aliphatic heterocycles. The largest absolute Gasteiger partial charge is 0.469 e. The number of para-hydroxylation sites is 2. The maximum Gasteiger partial charge on any atom is 0.260 e. The minimum Gasteiger partial charge on any atom is -0.469 e. The van der Waals surface area contributed by atoms with Crippen LogP contribution in [0.4, 0.5) is 16.5 Å². The number of anilines is 3. The van der Waals surface area contributed by atoms with Crippen molar-refractivity contribution in [3.63, 3.8) is 0 Å². The Labute approximate surface area is 177 Å². The number of hydrogen-bond acceptors (Lipinski definition) is 7. The summed E-state index contributed by atoms with van der Waals surface area (Å²) in [6, 6.07) is 9.35. The highest BCUT2D eigenvalue weighted by molar-refractivity contribution is 7.14. The summed E-state index contributed by atoms with van der Waals surface area (Å²) in [5.74, 6) is 0.0956. The van der Waals surface area contributed by atoms with Gasteiger partial charge in [-0.2, -0.15) is 0 Å². The average Bonchev–Trinajstić information content (AvgIpc) is 3.37. The Morgan fingerprint density at radius 2 is 1.97 bits per heavy atom. The Hall–Kier alpha value is -3.17. The number of amides is 2. The van der Waals surface area contributed by atoms with Crippen LogP contribution in [0.3, 0.4) is 0 Å². The third-order valence-electron chi connectivity index (χ3n) is 4.75. The monoisotopic (exact) mass is 426 g/mol. The Kier molecular flexibility index (Phi) is 6.10. The van der Waals surface area contributed by atoms with Gasteiger partial charge in [0.15, 0.2) is 5.13 Å². The van der Waals surface area contributed by atoms with Crippen molar-refractivity contribution in [2.45, 2.75) is 13.3 Å². The Balaban J connectivity index is 1.37. The van der Waals surface area contributed by atoms with Gasteiger partial charge in [-0.1, -0.05) is 12.1 Å². The first-order valence-corrected chi connectivity index (χ1v) is 10.5. The lowest BCUT2D eigenvalue weighted by Gasteiger charge is -2.30. The molecule has 0 saturated carbocycles. The molecule has 0 atom stereocenters. The number of ether oxygens (including phenoxy) is 1. The van der Waals surface area contributed by atoms with Crippen LogP contribution in [-0.4, -0.2) is 43.1 Å². The molecule has 0 radical (unpaired) electrons. The number of thiazole rings is 1. The lowest BCUT2D eigenvalue weighted by atomic mass is 10.2.